The van der Waals surface area contributed by atoms with Crippen molar-refractivity contribution in [2.24, 2.45) is 17.6 Å². The molecule has 0 aliphatic heterocycles. The van der Waals surface area contributed by atoms with Gasteiger partial charge in [0.15, 0.2) is 11.5 Å². The summed E-state index contributed by atoms with van der Waals surface area (Å²) in [6.45, 7) is 11.3. The summed E-state index contributed by atoms with van der Waals surface area (Å²) in [6, 6.07) is 9.07. The van der Waals surface area contributed by atoms with Crippen LogP contribution in [0.1, 0.15) is 47.1 Å². The SMILES string of the molecule is CC(C)(CN)c1ccc2cc(O)c(O)cc2c1.CC(C)C(=O)O.CC(C)C(=O)O.Cl. The van der Waals surface area contributed by atoms with Crippen molar-refractivity contribution in [2.75, 3.05) is 6.54 Å². The highest BCUT2D eigenvalue weighted by Crippen LogP contribution is 2.32. The third kappa shape index (κ3) is 9.80. The van der Waals surface area contributed by atoms with E-state index in [9.17, 15) is 19.8 Å². The van der Waals surface area contributed by atoms with E-state index in [1.165, 1.54) is 0 Å². The van der Waals surface area contributed by atoms with E-state index in [-0.39, 0.29) is 41.2 Å². The number of fused-ring (bicyclic) bond motifs is 1. The fourth-order valence-corrected chi connectivity index (χ4v) is 1.81. The number of halogens is 1. The van der Waals surface area contributed by atoms with Crippen LogP contribution in [0.3, 0.4) is 0 Å². The van der Waals surface area contributed by atoms with Gasteiger partial charge in [-0.25, -0.2) is 0 Å². The van der Waals surface area contributed by atoms with Gasteiger partial charge in [0.25, 0.3) is 0 Å². The Labute approximate surface area is 183 Å². The third-order valence-corrected chi connectivity index (χ3v) is 4.21. The number of phenols is 2. The zero-order valence-electron chi connectivity index (χ0n) is 18.3. The Hall–Kier alpha value is -2.51. The van der Waals surface area contributed by atoms with Crippen LogP contribution in [0.15, 0.2) is 30.3 Å². The number of carboxylic acids is 2. The molecule has 0 heterocycles. The predicted molar refractivity (Wildman–Crippen MR) is 122 cm³/mol. The zero-order valence-corrected chi connectivity index (χ0v) is 19.2. The molecule has 0 unspecified atom stereocenters. The number of benzene rings is 2. The fraction of sp³-hybridized carbons (Fsp3) is 0.455. The number of aromatic hydroxyl groups is 2. The predicted octanol–water partition coefficient (Wildman–Crippen LogP) is 4.36. The van der Waals surface area contributed by atoms with Gasteiger partial charge in [0, 0.05) is 12.0 Å². The monoisotopic (exact) mass is 443 g/mol. The Morgan fingerprint density at radius 2 is 1.23 bits per heavy atom. The van der Waals surface area contributed by atoms with Crippen LogP contribution >= 0.6 is 12.4 Å². The summed E-state index contributed by atoms with van der Waals surface area (Å²) >= 11 is 0. The second-order valence-electron chi connectivity index (χ2n) is 7.98. The van der Waals surface area contributed by atoms with Gasteiger partial charge in [0.05, 0.1) is 11.8 Å². The maximum absolute atomic E-state index is 9.70. The number of carboxylic acid groups (broad SMARTS) is 2. The van der Waals surface area contributed by atoms with Crippen LogP contribution in [0.4, 0.5) is 0 Å². The minimum absolute atomic E-state index is 0. The van der Waals surface area contributed by atoms with Crippen LogP contribution in [-0.4, -0.2) is 38.9 Å². The quantitative estimate of drug-likeness (QED) is 0.442. The van der Waals surface area contributed by atoms with Crippen molar-refractivity contribution in [3.63, 3.8) is 0 Å². The molecule has 2 rings (SSSR count). The van der Waals surface area contributed by atoms with E-state index in [0.717, 1.165) is 16.3 Å². The van der Waals surface area contributed by atoms with Crippen LogP contribution in [-0.2, 0) is 15.0 Å². The Morgan fingerprint density at radius 3 is 1.57 bits per heavy atom. The first-order valence-electron chi connectivity index (χ1n) is 9.34. The summed E-state index contributed by atoms with van der Waals surface area (Å²) in [5.41, 5.74) is 6.77. The molecule has 0 saturated heterocycles. The van der Waals surface area contributed by atoms with Gasteiger partial charge in [-0.2, -0.15) is 0 Å². The molecule has 2 aromatic rings. The summed E-state index contributed by atoms with van der Waals surface area (Å²) in [7, 11) is 0. The summed E-state index contributed by atoms with van der Waals surface area (Å²) in [6.07, 6.45) is 0. The third-order valence-electron chi connectivity index (χ3n) is 4.21. The number of phenolic OH excluding ortho intramolecular Hbond substituents is 2. The number of rotatable bonds is 4. The molecule has 30 heavy (non-hydrogen) atoms. The second-order valence-corrected chi connectivity index (χ2v) is 7.98. The maximum atomic E-state index is 9.70. The number of hydrogen-bond acceptors (Lipinski definition) is 5. The largest absolute Gasteiger partial charge is 0.504 e. The smallest absolute Gasteiger partial charge is 0.305 e. The highest BCUT2D eigenvalue weighted by atomic mass is 35.5. The first-order valence-corrected chi connectivity index (χ1v) is 9.34. The minimum Gasteiger partial charge on any atom is -0.504 e. The molecule has 7 nitrogen and oxygen atoms in total. The lowest BCUT2D eigenvalue weighted by atomic mass is 9.84. The molecule has 170 valence electrons. The zero-order chi connectivity index (χ0) is 22.9. The van der Waals surface area contributed by atoms with Gasteiger partial charge < -0.3 is 26.2 Å². The highest BCUT2D eigenvalue weighted by molar-refractivity contribution is 5.86. The van der Waals surface area contributed by atoms with Crippen LogP contribution in [0.5, 0.6) is 11.5 Å². The van der Waals surface area contributed by atoms with Crippen molar-refractivity contribution in [1.82, 2.24) is 0 Å². The Morgan fingerprint density at radius 1 is 0.867 bits per heavy atom. The van der Waals surface area contributed by atoms with Crippen LogP contribution in [0.2, 0.25) is 0 Å². The normalized spacial score (nSPS) is 10.4. The average Bonchev–Trinajstić information content (AvgIpc) is 2.63. The molecule has 0 amide bonds. The molecule has 2 aromatic carbocycles. The Bertz CT molecular complexity index is 816. The van der Waals surface area contributed by atoms with Gasteiger partial charge >= 0.3 is 11.9 Å². The molecular weight excluding hydrogens is 410 g/mol. The van der Waals surface area contributed by atoms with Crippen molar-refractivity contribution in [2.45, 2.75) is 47.0 Å². The van der Waals surface area contributed by atoms with Gasteiger partial charge in [0.1, 0.15) is 0 Å². The average molecular weight is 444 g/mol. The highest BCUT2D eigenvalue weighted by Gasteiger charge is 2.18. The lowest BCUT2D eigenvalue weighted by molar-refractivity contribution is -0.141. The molecule has 8 heteroatoms. The molecule has 6 N–H and O–H groups in total. The topological polar surface area (TPSA) is 141 Å². The van der Waals surface area contributed by atoms with Gasteiger partial charge in [-0.05, 0) is 28.5 Å². The Balaban J connectivity index is 0. The van der Waals surface area contributed by atoms with E-state index in [1.54, 1.807) is 39.8 Å². The molecule has 0 radical (unpaired) electrons. The van der Waals surface area contributed by atoms with Crippen molar-refractivity contribution < 1.29 is 30.0 Å². The van der Waals surface area contributed by atoms with Crippen molar-refractivity contribution in [3.05, 3.63) is 35.9 Å². The molecule has 0 aliphatic carbocycles. The second kappa shape index (κ2) is 12.9. The number of carbonyl (C=O) groups is 2. The summed E-state index contributed by atoms with van der Waals surface area (Å²) in [4.78, 5) is 19.4. The molecule has 0 aliphatic rings. The molecule has 0 spiro atoms. The number of nitrogens with two attached hydrogens (primary N) is 1. The van der Waals surface area contributed by atoms with E-state index in [2.05, 4.69) is 13.8 Å². The number of aliphatic carboxylic acids is 2. The van der Waals surface area contributed by atoms with Crippen molar-refractivity contribution >= 4 is 35.1 Å². The maximum Gasteiger partial charge on any atom is 0.305 e. The lowest BCUT2D eigenvalue weighted by Crippen LogP contribution is -2.27. The van der Waals surface area contributed by atoms with Gasteiger partial charge in [0.2, 0.25) is 0 Å². The summed E-state index contributed by atoms with van der Waals surface area (Å²) in [5.74, 6) is -2.14. The van der Waals surface area contributed by atoms with E-state index >= 15 is 0 Å². The van der Waals surface area contributed by atoms with Crippen LogP contribution in [0, 0.1) is 11.8 Å². The molecule has 0 fully saturated rings. The minimum atomic E-state index is -0.741. The van der Waals surface area contributed by atoms with Gasteiger partial charge in [-0.15, -0.1) is 12.4 Å². The molecule has 0 bridgehead atoms. The van der Waals surface area contributed by atoms with E-state index in [4.69, 9.17) is 15.9 Å². The lowest BCUT2D eigenvalue weighted by Gasteiger charge is -2.23. The molecule has 0 atom stereocenters. The van der Waals surface area contributed by atoms with E-state index < -0.39 is 11.9 Å². The molecule has 0 saturated carbocycles. The van der Waals surface area contributed by atoms with Crippen molar-refractivity contribution in [1.29, 1.82) is 0 Å². The molecule has 0 aromatic heterocycles. The fourth-order valence-electron chi connectivity index (χ4n) is 1.81. The van der Waals surface area contributed by atoms with E-state index in [0.29, 0.717) is 6.54 Å². The van der Waals surface area contributed by atoms with Gasteiger partial charge in [-0.1, -0.05) is 59.7 Å². The van der Waals surface area contributed by atoms with Crippen molar-refractivity contribution in [3.8, 4) is 11.5 Å². The van der Waals surface area contributed by atoms with Crippen LogP contribution < -0.4 is 5.73 Å². The Kier molecular flexibility index (Phi) is 12.8. The van der Waals surface area contributed by atoms with E-state index in [1.807, 2.05) is 18.2 Å². The number of hydrogen-bond donors (Lipinski definition) is 5. The first kappa shape index (κ1) is 29.7. The summed E-state index contributed by atoms with van der Waals surface area (Å²) in [5, 5.41) is 36.7. The standard InChI is InChI=1S/C14H17NO2.2C4H8O2.ClH/c1-14(2,8-15)11-4-3-9-6-12(16)13(17)7-10(9)5-11;2*1-3(2)4(5)6;/h3-7,16-17H,8,15H2,1-2H3;2*3H,1-2H3,(H,5,6);1H. The first-order chi connectivity index (χ1) is 13.2. The molecular formula is C22H34ClNO6. The van der Waals surface area contributed by atoms with Crippen LogP contribution in [0.25, 0.3) is 10.8 Å². The van der Waals surface area contributed by atoms with Gasteiger partial charge in [-0.3, -0.25) is 9.59 Å². The summed E-state index contributed by atoms with van der Waals surface area (Å²) < 4.78 is 0.